The molecule has 1 aromatic carbocycles. The molecule has 2 fully saturated rings. The Kier molecular flexibility index (Phi) is 6.92. The number of nitrogens with zero attached hydrogens (tertiary/aromatic N) is 3. The third-order valence-electron chi connectivity index (χ3n) is 6.82. The van der Waals surface area contributed by atoms with Crippen molar-refractivity contribution in [1.29, 1.82) is 0 Å². The lowest BCUT2D eigenvalue weighted by Gasteiger charge is -2.30. The highest BCUT2D eigenvalue weighted by Crippen LogP contribution is 2.28. The lowest BCUT2D eigenvalue weighted by Crippen LogP contribution is -2.45. The zero-order valence-corrected chi connectivity index (χ0v) is 20.5. The van der Waals surface area contributed by atoms with Gasteiger partial charge in [0, 0.05) is 44.6 Å². The maximum atomic E-state index is 13.2. The third-order valence-corrected chi connectivity index (χ3v) is 8.56. The highest BCUT2D eigenvalue weighted by atomic mass is 32.2. The molecular weight excluding hydrogens is 466 g/mol. The van der Waals surface area contributed by atoms with Crippen LogP contribution in [0.1, 0.15) is 37.7 Å². The Morgan fingerprint density at radius 1 is 1.03 bits per heavy atom. The zero-order valence-electron chi connectivity index (χ0n) is 19.7. The van der Waals surface area contributed by atoms with Crippen molar-refractivity contribution >= 4 is 21.6 Å². The number of sulfonamides is 1. The summed E-state index contributed by atoms with van der Waals surface area (Å²) in [5.74, 6) is -0.116. The number of benzene rings is 1. The summed E-state index contributed by atoms with van der Waals surface area (Å²) in [7, 11) is -3.83. The minimum Gasteiger partial charge on any atom is -0.442 e. The van der Waals surface area contributed by atoms with Gasteiger partial charge in [-0.3, -0.25) is 9.89 Å². The van der Waals surface area contributed by atoms with E-state index in [-0.39, 0.29) is 17.5 Å². The van der Waals surface area contributed by atoms with Gasteiger partial charge in [0.25, 0.3) is 10.0 Å². The highest BCUT2D eigenvalue weighted by Gasteiger charge is 2.35. The van der Waals surface area contributed by atoms with E-state index in [4.69, 9.17) is 4.42 Å². The minimum absolute atomic E-state index is 0.123. The van der Waals surface area contributed by atoms with Crippen LogP contribution in [0, 0.1) is 5.92 Å². The normalized spacial score (nSPS) is 19.5. The second-order valence-electron chi connectivity index (χ2n) is 9.22. The molecule has 0 bridgehead atoms. The van der Waals surface area contributed by atoms with Gasteiger partial charge in [-0.1, -0.05) is 12.1 Å². The molecule has 186 valence electrons. The summed E-state index contributed by atoms with van der Waals surface area (Å²) < 4.78 is 33.2. The Morgan fingerprint density at radius 2 is 1.83 bits per heavy atom. The van der Waals surface area contributed by atoms with Crippen molar-refractivity contribution in [3.8, 4) is 11.5 Å². The highest BCUT2D eigenvalue weighted by molar-refractivity contribution is 7.89. The Labute approximate surface area is 205 Å². The monoisotopic (exact) mass is 497 g/mol. The molecular formula is C25H31N5O4S. The van der Waals surface area contributed by atoms with Gasteiger partial charge >= 0.3 is 0 Å². The summed E-state index contributed by atoms with van der Waals surface area (Å²) in [5, 5.41) is 9.49. The van der Waals surface area contributed by atoms with Crippen molar-refractivity contribution in [2.75, 3.05) is 31.1 Å². The van der Waals surface area contributed by atoms with Gasteiger partial charge in [-0.05, 0) is 68.0 Å². The van der Waals surface area contributed by atoms with Gasteiger partial charge in [0.1, 0.15) is 5.69 Å². The van der Waals surface area contributed by atoms with Crippen LogP contribution >= 0.6 is 0 Å². The Bertz CT molecular complexity index is 1230. The number of H-pyrrole nitrogens is 1. The van der Waals surface area contributed by atoms with Crippen molar-refractivity contribution in [3.63, 3.8) is 0 Å². The van der Waals surface area contributed by atoms with E-state index in [1.165, 1.54) is 35.3 Å². The number of carbonyl (C=O) groups is 1. The average molecular weight is 498 g/mol. The number of furan rings is 1. The molecule has 4 heterocycles. The molecule has 0 spiro atoms. The molecule has 0 radical (unpaired) electrons. The van der Waals surface area contributed by atoms with E-state index in [0.717, 1.165) is 18.7 Å². The van der Waals surface area contributed by atoms with Crippen molar-refractivity contribution in [3.05, 3.63) is 54.2 Å². The number of nitrogens with one attached hydrogen (secondary N) is 2. The van der Waals surface area contributed by atoms with E-state index in [1.54, 1.807) is 18.3 Å². The van der Waals surface area contributed by atoms with Crippen LogP contribution in [0.2, 0.25) is 0 Å². The van der Waals surface area contributed by atoms with E-state index in [2.05, 4.69) is 44.7 Å². The van der Waals surface area contributed by atoms with Crippen molar-refractivity contribution in [2.24, 2.45) is 5.92 Å². The van der Waals surface area contributed by atoms with Crippen LogP contribution < -0.4 is 10.2 Å². The number of amides is 1. The average Bonchev–Trinajstić information content (AvgIpc) is 3.61. The predicted octanol–water partition coefficient (Wildman–Crippen LogP) is 3.38. The van der Waals surface area contributed by atoms with E-state index >= 15 is 0 Å². The molecule has 2 N–H and O–H groups in total. The van der Waals surface area contributed by atoms with Gasteiger partial charge in [-0.15, -0.1) is 0 Å². The second kappa shape index (κ2) is 10.2. The fourth-order valence-electron chi connectivity index (χ4n) is 4.81. The van der Waals surface area contributed by atoms with Gasteiger partial charge in [0.2, 0.25) is 11.0 Å². The van der Waals surface area contributed by atoms with Crippen LogP contribution in [0.3, 0.4) is 0 Å². The Balaban J connectivity index is 1.17. The molecule has 2 aromatic heterocycles. The number of hydrogen-bond donors (Lipinski definition) is 2. The number of aromatic nitrogens is 2. The van der Waals surface area contributed by atoms with Crippen LogP contribution in [0.15, 0.2) is 58.2 Å². The number of anilines is 1. The molecule has 0 unspecified atom stereocenters. The van der Waals surface area contributed by atoms with Crippen LogP contribution in [0.25, 0.3) is 11.5 Å². The third kappa shape index (κ3) is 5.28. The van der Waals surface area contributed by atoms with Gasteiger partial charge in [-0.2, -0.15) is 9.40 Å². The van der Waals surface area contributed by atoms with Crippen molar-refractivity contribution in [1.82, 2.24) is 19.8 Å². The second-order valence-corrected chi connectivity index (χ2v) is 11.1. The molecule has 3 aromatic rings. The number of carbonyl (C=O) groups excluding carboxylic acids is 1. The zero-order chi connectivity index (χ0) is 24.3. The minimum atomic E-state index is -3.83. The summed E-state index contributed by atoms with van der Waals surface area (Å²) >= 11 is 0. The summed E-state index contributed by atoms with van der Waals surface area (Å²) in [6.07, 6.45) is 6.62. The predicted molar refractivity (Wildman–Crippen MR) is 132 cm³/mol. The maximum Gasteiger partial charge on any atom is 0.276 e. The largest absolute Gasteiger partial charge is 0.442 e. The summed E-state index contributed by atoms with van der Waals surface area (Å²) in [6.45, 7) is 3.12. The fourth-order valence-corrected chi connectivity index (χ4v) is 6.24. The molecule has 10 heteroatoms. The first-order chi connectivity index (χ1) is 17.0. The molecule has 9 nitrogen and oxygen atoms in total. The Hall–Kier alpha value is -3.11. The van der Waals surface area contributed by atoms with Crippen LogP contribution in [0.4, 0.5) is 5.69 Å². The molecule has 0 aliphatic carbocycles. The fraction of sp³-hybridized carbons (Fsp3) is 0.440. The maximum absolute atomic E-state index is 13.2. The van der Waals surface area contributed by atoms with Crippen LogP contribution in [-0.2, 0) is 21.4 Å². The van der Waals surface area contributed by atoms with E-state index in [0.29, 0.717) is 37.4 Å². The molecule has 35 heavy (non-hydrogen) atoms. The summed E-state index contributed by atoms with van der Waals surface area (Å²) in [5.41, 5.74) is 2.86. The molecule has 2 aliphatic rings. The first kappa shape index (κ1) is 23.6. The summed E-state index contributed by atoms with van der Waals surface area (Å²) in [6, 6.07) is 13.1. The smallest absolute Gasteiger partial charge is 0.276 e. The van der Waals surface area contributed by atoms with E-state index in [1.807, 2.05) is 0 Å². The number of piperidine rings is 2. The van der Waals surface area contributed by atoms with Gasteiger partial charge < -0.3 is 14.6 Å². The Morgan fingerprint density at radius 3 is 2.57 bits per heavy atom. The van der Waals surface area contributed by atoms with E-state index in [9.17, 15) is 13.2 Å². The number of aromatic amines is 1. The first-order valence-corrected chi connectivity index (χ1v) is 13.7. The van der Waals surface area contributed by atoms with Gasteiger partial charge in [0.05, 0.1) is 5.92 Å². The topological polar surface area (TPSA) is 112 Å². The van der Waals surface area contributed by atoms with Crippen LogP contribution in [0.5, 0.6) is 0 Å². The number of rotatable bonds is 7. The SMILES string of the molecule is O=C(NCc1ccc(N2CCCCC2)cc1)[C@@H]1CCCN(S(=O)(=O)c2ccc(-c3ccn[nH]3)o2)C1. The standard InChI is InChI=1S/C25H31N5O4S/c31-25(26-17-19-6-8-21(9-7-19)29-14-2-1-3-15-29)20-5-4-16-30(18-20)35(32,33)24-11-10-23(34-24)22-12-13-27-28-22/h6-13,20H,1-5,14-18H2,(H,26,31)(H,27,28)/t20-/m1/s1. The molecule has 2 saturated heterocycles. The number of hydrogen-bond acceptors (Lipinski definition) is 6. The molecule has 5 rings (SSSR count). The van der Waals surface area contributed by atoms with Crippen molar-refractivity contribution in [2.45, 2.75) is 43.7 Å². The molecule has 0 saturated carbocycles. The molecule has 2 aliphatic heterocycles. The van der Waals surface area contributed by atoms with Gasteiger partial charge in [0.15, 0.2) is 5.76 Å². The van der Waals surface area contributed by atoms with Crippen LogP contribution in [-0.4, -0.2) is 55.0 Å². The van der Waals surface area contributed by atoms with Crippen molar-refractivity contribution < 1.29 is 17.6 Å². The molecule has 1 atom stereocenters. The lowest BCUT2D eigenvalue weighted by molar-refractivity contribution is -0.126. The molecule has 1 amide bonds. The van der Waals surface area contributed by atoms with E-state index < -0.39 is 15.9 Å². The lowest BCUT2D eigenvalue weighted by atomic mass is 9.98. The quantitative estimate of drug-likeness (QED) is 0.518. The first-order valence-electron chi connectivity index (χ1n) is 12.2. The summed E-state index contributed by atoms with van der Waals surface area (Å²) in [4.78, 5) is 15.3. The van der Waals surface area contributed by atoms with Gasteiger partial charge in [-0.25, -0.2) is 8.42 Å².